The topological polar surface area (TPSA) is 23.0 Å². The van der Waals surface area contributed by atoms with E-state index in [1.165, 1.54) is 55.1 Å². The largest absolute Gasteiger partial charge is 0.439 e. The van der Waals surface area contributed by atoms with Gasteiger partial charge in [-0.1, -0.05) is 109 Å². The van der Waals surface area contributed by atoms with Gasteiger partial charge in [-0.15, -0.1) is 0 Å². The Morgan fingerprint density at radius 3 is 1.51 bits per heavy atom. The van der Waals surface area contributed by atoms with Gasteiger partial charge in [0.1, 0.15) is 5.58 Å². The van der Waals surface area contributed by atoms with Gasteiger partial charge in [-0.2, -0.15) is 0 Å². The maximum atomic E-state index is 6.48. The number of para-hydroxylation sites is 4. The zero-order valence-corrected chi connectivity index (χ0v) is 25.5. The van der Waals surface area contributed by atoms with Crippen LogP contribution in [0.4, 0.5) is 0 Å². The molecule has 0 spiro atoms. The summed E-state index contributed by atoms with van der Waals surface area (Å²) in [7, 11) is 0. The first kappa shape index (κ1) is 26.0. The molecule has 3 heterocycles. The summed E-state index contributed by atoms with van der Waals surface area (Å²) in [6, 6.07) is 60.7. The summed E-state index contributed by atoms with van der Waals surface area (Å²) in [6.45, 7) is 0. The van der Waals surface area contributed by atoms with Crippen LogP contribution >= 0.6 is 0 Å². The van der Waals surface area contributed by atoms with E-state index < -0.39 is 0 Å². The Kier molecular flexibility index (Phi) is 5.57. The van der Waals surface area contributed by atoms with Crippen molar-refractivity contribution in [2.75, 3.05) is 0 Å². The second-order valence-corrected chi connectivity index (χ2v) is 12.2. The van der Waals surface area contributed by atoms with Crippen molar-refractivity contribution in [2.45, 2.75) is 0 Å². The Hall–Kier alpha value is -6.32. The lowest BCUT2D eigenvalue weighted by atomic mass is 9.98. The molecule has 7 aromatic carbocycles. The van der Waals surface area contributed by atoms with Crippen molar-refractivity contribution in [3.63, 3.8) is 0 Å². The van der Waals surface area contributed by atoms with Gasteiger partial charge in [0, 0.05) is 32.9 Å². The summed E-state index contributed by atoms with van der Waals surface area (Å²) in [5.41, 5.74) is 12.4. The molecular formula is C44H28N2O. The molecule has 47 heavy (non-hydrogen) atoms. The van der Waals surface area contributed by atoms with Crippen LogP contribution in [0.15, 0.2) is 174 Å². The van der Waals surface area contributed by atoms with Gasteiger partial charge < -0.3 is 8.98 Å². The number of rotatable bonds is 4. The van der Waals surface area contributed by atoms with E-state index in [0.29, 0.717) is 0 Å². The maximum absolute atomic E-state index is 6.48. The number of aromatic nitrogens is 2. The van der Waals surface area contributed by atoms with Crippen LogP contribution in [-0.2, 0) is 0 Å². The smallest absolute Gasteiger partial charge is 0.213 e. The van der Waals surface area contributed by atoms with E-state index >= 15 is 0 Å². The fourth-order valence-corrected chi connectivity index (χ4v) is 7.37. The van der Waals surface area contributed by atoms with Crippen LogP contribution in [0.2, 0.25) is 0 Å². The lowest BCUT2D eigenvalue weighted by Crippen LogP contribution is -1.92. The van der Waals surface area contributed by atoms with E-state index in [1.54, 1.807) is 0 Å². The molecule has 0 amide bonds. The van der Waals surface area contributed by atoms with Gasteiger partial charge in [-0.3, -0.25) is 4.57 Å². The van der Waals surface area contributed by atoms with Crippen molar-refractivity contribution < 1.29 is 4.42 Å². The standard InChI is InChI=1S/C44H28N2O/c1-3-11-33(12-4-1)45-39-17-9-7-15-35(39)37-27-31(23-25-40(37)45)29-19-21-30(22-20-29)32-24-26-41-38(28-32)43-36-16-8-10-18-42(36)47-44(43)46(41)34-13-5-2-6-14-34/h1-28H. The molecule has 0 unspecified atom stereocenters. The molecule has 0 bridgehead atoms. The van der Waals surface area contributed by atoms with Gasteiger partial charge in [0.2, 0.25) is 5.71 Å². The van der Waals surface area contributed by atoms with E-state index in [1.807, 2.05) is 12.1 Å². The summed E-state index contributed by atoms with van der Waals surface area (Å²) >= 11 is 0. The van der Waals surface area contributed by atoms with Crippen LogP contribution in [0, 0.1) is 0 Å². The molecule has 0 atom stereocenters. The summed E-state index contributed by atoms with van der Waals surface area (Å²) in [5.74, 6) is 0. The molecule has 220 valence electrons. The zero-order valence-electron chi connectivity index (χ0n) is 25.5. The SMILES string of the molecule is c1ccc(-n2c3ccccc3c3cc(-c4ccc(-c5ccc6c(c5)c5c7ccccc7oc5n6-c5ccccc5)cc4)ccc32)cc1. The first-order chi connectivity index (χ1) is 23.3. The highest BCUT2D eigenvalue weighted by atomic mass is 16.3. The third-order valence-electron chi connectivity index (χ3n) is 9.54. The van der Waals surface area contributed by atoms with Crippen LogP contribution in [-0.4, -0.2) is 9.13 Å². The molecule has 0 aliphatic carbocycles. The monoisotopic (exact) mass is 600 g/mol. The molecule has 0 aliphatic rings. The van der Waals surface area contributed by atoms with E-state index in [2.05, 4.69) is 167 Å². The Bertz CT molecular complexity index is 2760. The van der Waals surface area contributed by atoms with Gasteiger partial charge in [-0.05, 0) is 82.9 Å². The average Bonchev–Trinajstić information content (AvgIpc) is 3.79. The fraction of sp³-hybridized carbons (Fsp3) is 0. The van der Waals surface area contributed by atoms with Crippen molar-refractivity contribution in [1.29, 1.82) is 0 Å². The predicted molar refractivity (Wildman–Crippen MR) is 196 cm³/mol. The highest BCUT2D eigenvalue weighted by Gasteiger charge is 2.20. The Labute approximate surface area is 271 Å². The second-order valence-electron chi connectivity index (χ2n) is 12.2. The number of nitrogens with zero attached hydrogens (tertiary/aromatic N) is 2. The van der Waals surface area contributed by atoms with E-state index in [0.717, 1.165) is 33.3 Å². The van der Waals surface area contributed by atoms with Gasteiger partial charge in [0.15, 0.2) is 0 Å². The molecule has 0 aliphatic heterocycles. The zero-order chi connectivity index (χ0) is 30.9. The minimum Gasteiger partial charge on any atom is -0.439 e. The Morgan fingerprint density at radius 1 is 0.340 bits per heavy atom. The van der Waals surface area contributed by atoms with E-state index in [9.17, 15) is 0 Å². The number of benzene rings is 7. The van der Waals surface area contributed by atoms with Crippen molar-refractivity contribution in [3.05, 3.63) is 170 Å². The molecule has 10 rings (SSSR count). The highest BCUT2D eigenvalue weighted by Crippen LogP contribution is 2.41. The second kappa shape index (κ2) is 10.1. The van der Waals surface area contributed by atoms with Crippen molar-refractivity contribution in [3.8, 4) is 33.6 Å². The summed E-state index contributed by atoms with van der Waals surface area (Å²) < 4.78 is 11.1. The van der Waals surface area contributed by atoms with Crippen molar-refractivity contribution in [1.82, 2.24) is 9.13 Å². The third kappa shape index (κ3) is 3.93. The third-order valence-corrected chi connectivity index (χ3v) is 9.54. The Balaban J connectivity index is 1.09. The molecular weight excluding hydrogens is 572 g/mol. The predicted octanol–water partition coefficient (Wildman–Crippen LogP) is 12.0. The summed E-state index contributed by atoms with van der Waals surface area (Å²) in [6.07, 6.45) is 0. The van der Waals surface area contributed by atoms with E-state index in [4.69, 9.17) is 4.42 Å². The summed E-state index contributed by atoms with van der Waals surface area (Å²) in [5, 5.41) is 6.00. The van der Waals surface area contributed by atoms with Gasteiger partial charge in [0.25, 0.3) is 0 Å². The summed E-state index contributed by atoms with van der Waals surface area (Å²) in [4.78, 5) is 0. The van der Waals surface area contributed by atoms with Crippen LogP contribution in [0.3, 0.4) is 0 Å². The lowest BCUT2D eigenvalue weighted by molar-refractivity contribution is 0.645. The van der Waals surface area contributed by atoms with Gasteiger partial charge >= 0.3 is 0 Å². The molecule has 0 fully saturated rings. The first-order valence-electron chi connectivity index (χ1n) is 16.0. The number of furan rings is 1. The number of hydrogen-bond acceptors (Lipinski definition) is 1. The minimum atomic E-state index is 0.879. The Morgan fingerprint density at radius 2 is 0.830 bits per heavy atom. The molecule has 0 saturated carbocycles. The van der Waals surface area contributed by atoms with Gasteiger partial charge in [-0.25, -0.2) is 0 Å². The van der Waals surface area contributed by atoms with Crippen molar-refractivity contribution >= 4 is 54.8 Å². The molecule has 3 nitrogen and oxygen atoms in total. The highest BCUT2D eigenvalue weighted by molar-refractivity contribution is 6.20. The number of fused-ring (bicyclic) bond motifs is 8. The quantitative estimate of drug-likeness (QED) is 0.197. The van der Waals surface area contributed by atoms with Crippen LogP contribution in [0.5, 0.6) is 0 Å². The first-order valence-corrected chi connectivity index (χ1v) is 16.0. The molecule has 10 aromatic rings. The molecule has 0 N–H and O–H groups in total. The lowest BCUT2D eigenvalue weighted by Gasteiger charge is -2.09. The van der Waals surface area contributed by atoms with Crippen LogP contribution in [0.25, 0.3) is 88.4 Å². The average molecular weight is 601 g/mol. The molecule has 0 saturated heterocycles. The van der Waals surface area contributed by atoms with Gasteiger partial charge in [0.05, 0.1) is 21.9 Å². The van der Waals surface area contributed by atoms with Crippen LogP contribution in [0.1, 0.15) is 0 Å². The molecule has 3 heteroatoms. The maximum Gasteiger partial charge on any atom is 0.213 e. The van der Waals surface area contributed by atoms with E-state index in [-0.39, 0.29) is 0 Å². The normalized spacial score (nSPS) is 11.8. The molecule has 3 aromatic heterocycles. The fourth-order valence-electron chi connectivity index (χ4n) is 7.37. The van der Waals surface area contributed by atoms with Crippen LogP contribution < -0.4 is 0 Å². The molecule has 0 radical (unpaired) electrons. The number of hydrogen-bond donors (Lipinski definition) is 0. The minimum absolute atomic E-state index is 0.879. The van der Waals surface area contributed by atoms with Crippen molar-refractivity contribution in [2.24, 2.45) is 0 Å².